The lowest BCUT2D eigenvalue weighted by Gasteiger charge is -2.09. The molecule has 0 aliphatic heterocycles. The minimum Gasteiger partial charge on any atom is -0.480 e. The molecule has 0 spiro atoms. The number of rotatable bonds is 4. The molecule has 6 nitrogen and oxygen atoms in total. The molecule has 0 aliphatic rings. The molecule has 1 aromatic carbocycles. The highest BCUT2D eigenvalue weighted by Crippen LogP contribution is 2.24. The third kappa shape index (κ3) is 2.76. The molecule has 2 rings (SSSR count). The van der Waals surface area contributed by atoms with Gasteiger partial charge in [-0.1, -0.05) is 15.9 Å². The number of hydrogen-bond donors (Lipinski definition) is 1. The molecule has 0 saturated carbocycles. The van der Waals surface area contributed by atoms with Crippen molar-refractivity contribution in [3.05, 3.63) is 33.0 Å². The Bertz CT molecular complexity index is 696. The number of benzene rings is 1. The van der Waals surface area contributed by atoms with Crippen LogP contribution < -0.4 is 10.3 Å². The van der Waals surface area contributed by atoms with Crippen LogP contribution in [-0.4, -0.2) is 27.5 Å². The number of carboxylic acid groups (broad SMARTS) is 1. The lowest BCUT2D eigenvalue weighted by Crippen LogP contribution is -2.27. The summed E-state index contributed by atoms with van der Waals surface area (Å²) in [6.07, 6.45) is 0. The Labute approximate surface area is 116 Å². The summed E-state index contributed by atoms with van der Waals surface area (Å²) >= 11 is 3.31. The average molecular weight is 327 g/mol. The van der Waals surface area contributed by atoms with Gasteiger partial charge in [-0.15, -0.1) is 5.10 Å². The van der Waals surface area contributed by atoms with Crippen LogP contribution in [0.5, 0.6) is 5.88 Å². The van der Waals surface area contributed by atoms with Gasteiger partial charge in [0, 0.05) is 4.47 Å². The van der Waals surface area contributed by atoms with Crippen LogP contribution in [0.3, 0.4) is 0 Å². The van der Waals surface area contributed by atoms with Gasteiger partial charge in [0.05, 0.1) is 17.4 Å². The number of carbonyl (C=O) groups is 1. The first-order valence-corrected chi connectivity index (χ1v) is 6.37. The van der Waals surface area contributed by atoms with Gasteiger partial charge in [0.25, 0.3) is 5.56 Å². The highest BCUT2D eigenvalue weighted by atomic mass is 79.9. The monoisotopic (exact) mass is 326 g/mol. The molecule has 0 unspecified atom stereocenters. The van der Waals surface area contributed by atoms with Gasteiger partial charge >= 0.3 is 5.97 Å². The molecule has 0 atom stereocenters. The van der Waals surface area contributed by atoms with Crippen LogP contribution >= 0.6 is 15.9 Å². The van der Waals surface area contributed by atoms with Crippen LogP contribution in [0.4, 0.5) is 0 Å². The quantitative estimate of drug-likeness (QED) is 0.923. The first kappa shape index (κ1) is 13.5. The fourth-order valence-electron chi connectivity index (χ4n) is 1.71. The van der Waals surface area contributed by atoms with Crippen molar-refractivity contribution < 1.29 is 14.6 Å². The lowest BCUT2D eigenvalue weighted by atomic mass is 10.2. The van der Waals surface area contributed by atoms with E-state index in [1.165, 1.54) is 0 Å². The van der Waals surface area contributed by atoms with E-state index in [1.54, 1.807) is 25.1 Å². The van der Waals surface area contributed by atoms with Crippen LogP contribution in [-0.2, 0) is 11.3 Å². The zero-order chi connectivity index (χ0) is 14.0. The Hall–Kier alpha value is -1.89. The second-order valence-corrected chi connectivity index (χ2v) is 4.70. The van der Waals surface area contributed by atoms with E-state index in [4.69, 9.17) is 9.84 Å². The van der Waals surface area contributed by atoms with E-state index < -0.39 is 18.1 Å². The fourth-order valence-corrected chi connectivity index (χ4v) is 2.07. The van der Waals surface area contributed by atoms with E-state index in [-0.39, 0.29) is 5.88 Å². The molecule has 0 aliphatic carbocycles. The van der Waals surface area contributed by atoms with Gasteiger partial charge in [0.1, 0.15) is 6.54 Å². The summed E-state index contributed by atoms with van der Waals surface area (Å²) in [5.41, 5.74) is -0.451. The molecule has 1 heterocycles. The van der Waals surface area contributed by atoms with Crippen LogP contribution in [0.15, 0.2) is 27.5 Å². The molecule has 0 amide bonds. The molecule has 0 bridgehead atoms. The average Bonchev–Trinajstić information content (AvgIpc) is 2.34. The topological polar surface area (TPSA) is 81.4 Å². The minimum absolute atomic E-state index is 0.250. The molecule has 1 N–H and O–H groups in total. The Morgan fingerprint density at radius 1 is 1.47 bits per heavy atom. The van der Waals surface area contributed by atoms with E-state index >= 15 is 0 Å². The Balaban J connectivity index is 2.74. The summed E-state index contributed by atoms with van der Waals surface area (Å²) in [5, 5.41) is 13.7. The third-order valence-electron chi connectivity index (χ3n) is 2.45. The van der Waals surface area contributed by atoms with E-state index in [0.717, 1.165) is 9.15 Å². The summed E-state index contributed by atoms with van der Waals surface area (Å²) in [6, 6.07) is 5.05. The van der Waals surface area contributed by atoms with Crippen molar-refractivity contribution in [2.75, 3.05) is 6.61 Å². The smallest absolute Gasteiger partial charge is 0.325 e. The van der Waals surface area contributed by atoms with Gasteiger partial charge in [0.2, 0.25) is 5.88 Å². The van der Waals surface area contributed by atoms with E-state index in [9.17, 15) is 9.59 Å². The SMILES string of the molecule is CCOc1nn(CC(=O)O)c(=O)c2ccc(Br)cc12. The number of carboxylic acids is 1. The number of aromatic nitrogens is 2. The van der Waals surface area contributed by atoms with Gasteiger partial charge < -0.3 is 9.84 Å². The van der Waals surface area contributed by atoms with Crippen molar-refractivity contribution in [3.63, 3.8) is 0 Å². The molecule has 7 heteroatoms. The van der Waals surface area contributed by atoms with Crippen LogP contribution in [0.1, 0.15) is 6.92 Å². The lowest BCUT2D eigenvalue weighted by molar-refractivity contribution is -0.138. The van der Waals surface area contributed by atoms with E-state index in [0.29, 0.717) is 17.4 Å². The van der Waals surface area contributed by atoms with Gasteiger partial charge in [-0.2, -0.15) is 0 Å². The van der Waals surface area contributed by atoms with Crippen molar-refractivity contribution in [1.82, 2.24) is 9.78 Å². The maximum absolute atomic E-state index is 12.1. The number of ether oxygens (including phenoxy) is 1. The van der Waals surface area contributed by atoms with Crippen LogP contribution in [0, 0.1) is 0 Å². The van der Waals surface area contributed by atoms with E-state index in [1.807, 2.05) is 0 Å². The van der Waals surface area contributed by atoms with Crippen molar-refractivity contribution in [3.8, 4) is 5.88 Å². The van der Waals surface area contributed by atoms with E-state index in [2.05, 4.69) is 21.0 Å². The first-order valence-electron chi connectivity index (χ1n) is 5.58. The standard InChI is InChI=1S/C12H11BrN2O4/c1-2-19-11-9-5-7(13)3-4-8(9)12(18)15(14-11)6-10(16)17/h3-5H,2,6H2,1H3,(H,16,17). The van der Waals surface area contributed by atoms with Gasteiger partial charge in [-0.25, -0.2) is 4.68 Å². The first-order chi connectivity index (χ1) is 9.02. The number of fused-ring (bicyclic) bond motifs is 1. The minimum atomic E-state index is -1.13. The largest absolute Gasteiger partial charge is 0.480 e. The predicted molar refractivity (Wildman–Crippen MR) is 72.5 cm³/mol. The molecule has 2 aromatic rings. The Morgan fingerprint density at radius 3 is 2.84 bits per heavy atom. The normalized spacial score (nSPS) is 10.6. The highest BCUT2D eigenvalue weighted by molar-refractivity contribution is 9.10. The predicted octanol–water partition coefficient (Wildman–Crippen LogP) is 1.64. The molecular weight excluding hydrogens is 316 g/mol. The zero-order valence-electron chi connectivity index (χ0n) is 10.1. The van der Waals surface area contributed by atoms with Gasteiger partial charge in [0.15, 0.2) is 0 Å². The summed E-state index contributed by atoms with van der Waals surface area (Å²) in [7, 11) is 0. The van der Waals surface area contributed by atoms with Crippen LogP contribution in [0.25, 0.3) is 10.8 Å². The summed E-state index contributed by atoms with van der Waals surface area (Å²) in [5.74, 6) is -0.881. The van der Waals surface area contributed by atoms with Crippen molar-refractivity contribution in [1.29, 1.82) is 0 Å². The van der Waals surface area contributed by atoms with Gasteiger partial charge in [-0.05, 0) is 25.1 Å². The number of halogens is 1. The number of aliphatic carboxylic acids is 1. The third-order valence-corrected chi connectivity index (χ3v) is 2.95. The summed E-state index contributed by atoms with van der Waals surface area (Å²) in [4.78, 5) is 22.8. The van der Waals surface area contributed by atoms with Crippen molar-refractivity contribution >= 4 is 32.7 Å². The Kier molecular flexibility index (Phi) is 3.84. The second kappa shape index (κ2) is 5.40. The fraction of sp³-hybridized carbons (Fsp3) is 0.250. The van der Waals surface area contributed by atoms with Crippen LogP contribution in [0.2, 0.25) is 0 Å². The number of nitrogens with zero attached hydrogens (tertiary/aromatic N) is 2. The van der Waals surface area contributed by atoms with Gasteiger partial charge in [-0.3, -0.25) is 9.59 Å². The molecule has 1 aromatic heterocycles. The molecule has 0 radical (unpaired) electrons. The maximum atomic E-state index is 12.1. The van der Waals surface area contributed by atoms with Crippen molar-refractivity contribution in [2.24, 2.45) is 0 Å². The molecular formula is C12H11BrN2O4. The molecule has 0 fully saturated rings. The number of hydrogen-bond acceptors (Lipinski definition) is 4. The maximum Gasteiger partial charge on any atom is 0.325 e. The molecule has 0 saturated heterocycles. The highest BCUT2D eigenvalue weighted by Gasteiger charge is 2.13. The second-order valence-electron chi connectivity index (χ2n) is 3.78. The summed E-state index contributed by atoms with van der Waals surface area (Å²) in [6.45, 7) is 1.67. The van der Waals surface area contributed by atoms with Crippen molar-refractivity contribution in [2.45, 2.75) is 13.5 Å². The molecule has 19 heavy (non-hydrogen) atoms. The molecule has 100 valence electrons. The Morgan fingerprint density at radius 2 is 2.21 bits per heavy atom. The zero-order valence-corrected chi connectivity index (χ0v) is 11.7. The summed E-state index contributed by atoms with van der Waals surface area (Å²) < 4.78 is 7.05.